The van der Waals surface area contributed by atoms with E-state index < -0.39 is 12.0 Å². The summed E-state index contributed by atoms with van der Waals surface area (Å²) in [5.41, 5.74) is -0.345. The van der Waals surface area contributed by atoms with Crippen molar-refractivity contribution < 1.29 is 14.7 Å². The van der Waals surface area contributed by atoms with Crippen LogP contribution in [0.4, 0.5) is 0 Å². The molecule has 108 valence electrons. The van der Waals surface area contributed by atoms with Crippen molar-refractivity contribution in [2.24, 2.45) is 11.3 Å². The second-order valence-electron chi connectivity index (χ2n) is 6.46. The van der Waals surface area contributed by atoms with Gasteiger partial charge in [0.25, 0.3) is 0 Å². The van der Waals surface area contributed by atoms with E-state index in [1.165, 1.54) is 6.42 Å². The number of aliphatic carboxylic acids is 1. The highest BCUT2D eigenvalue weighted by molar-refractivity contribution is 5.87. The molecule has 0 heterocycles. The van der Waals surface area contributed by atoms with Crippen LogP contribution in [0.2, 0.25) is 0 Å². The van der Waals surface area contributed by atoms with Crippen LogP contribution in [0.15, 0.2) is 0 Å². The molecule has 1 atom stereocenters. The zero-order valence-corrected chi connectivity index (χ0v) is 11.8. The third-order valence-electron chi connectivity index (χ3n) is 4.93. The summed E-state index contributed by atoms with van der Waals surface area (Å²) >= 11 is 0. The summed E-state index contributed by atoms with van der Waals surface area (Å²) < 4.78 is 0. The second kappa shape index (κ2) is 5.93. The highest BCUT2D eigenvalue weighted by Crippen LogP contribution is 2.38. The van der Waals surface area contributed by atoms with Crippen molar-refractivity contribution in [2.45, 2.75) is 70.8 Å². The molecule has 2 fully saturated rings. The molecule has 1 unspecified atom stereocenters. The van der Waals surface area contributed by atoms with Crippen LogP contribution in [0.5, 0.6) is 0 Å². The molecule has 19 heavy (non-hydrogen) atoms. The van der Waals surface area contributed by atoms with Crippen molar-refractivity contribution >= 4 is 11.9 Å². The maximum absolute atomic E-state index is 12.4. The Labute approximate surface area is 115 Å². The maximum atomic E-state index is 12.4. The van der Waals surface area contributed by atoms with Crippen LogP contribution in [-0.4, -0.2) is 23.0 Å². The molecule has 2 N–H and O–H groups in total. The zero-order valence-electron chi connectivity index (χ0n) is 11.8. The van der Waals surface area contributed by atoms with Gasteiger partial charge in [-0.15, -0.1) is 0 Å². The number of hydrogen-bond donors (Lipinski definition) is 2. The number of carbonyl (C=O) groups is 2. The Bertz CT molecular complexity index is 341. The number of hydrogen-bond acceptors (Lipinski definition) is 2. The van der Waals surface area contributed by atoms with Crippen molar-refractivity contribution in [3.8, 4) is 0 Å². The van der Waals surface area contributed by atoms with E-state index in [1.54, 1.807) is 0 Å². The zero-order chi connectivity index (χ0) is 13.9. The smallest absolute Gasteiger partial charge is 0.326 e. The lowest BCUT2D eigenvalue weighted by Gasteiger charge is -2.31. The van der Waals surface area contributed by atoms with Crippen molar-refractivity contribution in [1.29, 1.82) is 0 Å². The van der Waals surface area contributed by atoms with Gasteiger partial charge in [0.05, 0.1) is 0 Å². The summed E-state index contributed by atoms with van der Waals surface area (Å²) in [5, 5.41) is 12.2. The van der Waals surface area contributed by atoms with Crippen LogP contribution >= 0.6 is 0 Å². The first-order chi connectivity index (χ1) is 9.03. The van der Waals surface area contributed by atoms with E-state index in [0.717, 1.165) is 51.4 Å². The number of amides is 1. The molecule has 0 aromatic carbocycles. The standard InChI is InChI=1S/C15H25NO3/c1-15(9-5-6-10-15)14(19)16-12(13(17)18)11-7-3-2-4-8-11/h11-12H,2-10H2,1H3,(H,16,19)(H,17,18). The van der Waals surface area contributed by atoms with Gasteiger partial charge in [0.1, 0.15) is 6.04 Å². The van der Waals surface area contributed by atoms with Crippen LogP contribution < -0.4 is 5.32 Å². The van der Waals surface area contributed by atoms with Crippen LogP contribution in [-0.2, 0) is 9.59 Å². The summed E-state index contributed by atoms with van der Waals surface area (Å²) in [4.78, 5) is 23.8. The van der Waals surface area contributed by atoms with Gasteiger partial charge in [-0.25, -0.2) is 4.79 Å². The Hall–Kier alpha value is -1.06. The van der Waals surface area contributed by atoms with E-state index >= 15 is 0 Å². The molecular formula is C15H25NO3. The molecule has 2 aliphatic carbocycles. The molecule has 2 aliphatic rings. The summed E-state index contributed by atoms with van der Waals surface area (Å²) in [6.07, 6.45) is 9.13. The Balaban J connectivity index is 1.99. The quantitative estimate of drug-likeness (QED) is 0.823. The molecule has 0 aliphatic heterocycles. The number of nitrogens with one attached hydrogen (secondary N) is 1. The molecule has 0 radical (unpaired) electrons. The van der Waals surface area contributed by atoms with E-state index in [1.807, 2.05) is 6.92 Å². The van der Waals surface area contributed by atoms with Gasteiger partial charge in [-0.1, -0.05) is 39.0 Å². The number of rotatable bonds is 4. The average Bonchev–Trinajstić information content (AvgIpc) is 2.84. The molecule has 1 amide bonds. The summed E-state index contributed by atoms with van der Waals surface area (Å²) in [6.45, 7) is 1.97. The summed E-state index contributed by atoms with van der Waals surface area (Å²) in [7, 11) is 0. The molecule has 0 bridgehead atoms. The lowest BCUT2D eigenvalue weighted by Crippen LogP contribution is -2.50. The minimum atomic E-state index is -0.873. The first-order valence-electron chi connectivity index (χ1n) is 7.57. The molecular weight excluding hydrogens is 242 g/mol. The molecule has 0 aromatic heterocycles. The lowest BCUT2D eigenvalue weighted by molar-refractivity contribution is -0.145. The van der Waals surface area contributed by atoms with Gasteiger partial charge < -0.3 is 10.4 Å². The van der Waals surface area contributed by atoms with E-state index in [4.69, 9.17) is 0 Å². The highest BCUT2D eigenvalue weighted by Gasteiger charge is 2.39. The first kappa shape index (κ1) is 14.4. The van der Waals surface area contributed by atoms with Crippen molar-refractivity contribution in [3.05, 3.63) is 0 Å². The van der Waals surface area contributed by atoms with E-state index in [0.29, 0.717) is 0 Å². The van der Waals surface area contributed by atoms with Crippen LogP contribution in [0.1, 0.15) is 64.7 Å². The second-order valence-corrected chi connectivity index (χ2v) is 6.46. The van der Waals surface area contributed by atoms with Gasteiger partial charge in [0, 0.05) is 5.41 Å². The van der Waals surface area contributed by atoms with Crippen LogP contribution in [0, 0.1) is 11.3 Å². The fourth-order valence-corrected chi connectivity index (χ4v) is 3.55. The third-order valence-corrected chi connectivity index (χ3v) is 4.93. The predicted octanol–water partition coefficient (Wildman–Crippen LogP) is 2.72. The monoisotopic (exact) mass is 267 g/mol. The maximum Gasteiger partial charge on any atom is 0.326 e. The molecule has 0 saturated heterocycles. The Morgan fingerprint density at radius 3 is 2.21 bits per heavy atom. The summed E-state index contributed by atoms with van der Waals surface area (Å²) in [6, 6.07) is -0.690. The van der Waals surface area contributed by atoms with Crippen LogP contribution in [0.3, 0.4) is 0 Å². The topological polar surface area (TPSA) is 66.4 Å². The average molecular weight is 267 g/mol. The Kier molecular flexibility index (Phi) is 4.48. The van der Waals surface area contributed by atoms with Crippen molar-refractivity contribution in [1.82, 2.24) is 5.32 Å². The Morgan fingerprint density at radius 1 is 1.11 bits per heavy atom. The number of carboxylic acids is 1. The molecule has 2 saturated carbocycles. The first-order valence-corrected chi connectivity index (χ1v) is 7.57. The van der Waals surface area contributed by atoms with Gasteiger partial charge in [-0.3, -0.25) is 4.79 Å². The third kappa shape index (κ3) is 3.28. The number of carboxylic acid groups (broad SMARTS) is 1. The fourth-order valence-electron chi connectivity index (χ4n) is 3.55. The van der Waals surface area contributed by atoms with Gasteiger partial charge in [0.2, 0.25) is 5.91 Å². The normalized spacial score (nSPS) is 24.9. The molecule has 2 rings (SSSR count). The Morgan fingerprint density at radius 2 is 1.68 bits per heavy atom. The molecule has 4 heteroatoms. The van der Waals surface area contributed by atoms with Gasteiger partial charge in [-0.2, -0.15) is 0 Å². The SMILES string of the molecule is CC1(C(=O)NC(C(=O)O)C2CCCCC2)CCCC1. The van der Waals surface area contributed by atoms with Crippen molar-refractivity contribution in [2.75, 3.05) is 0 Å². The minimum Gasteiger partial charge on any atom is -0.480 e. The van der Waals surface area contributed by atoms with Gasteiger partial charge in [-0.05, 0) is 31.6 Å². The van der Waals surface area contributed by atoms with E-state index in [2.05, 4.69) is 5.32 Å². The minimum absolute atomic E-state index is 0.0528. The molecule has 0 spiro atoms. The predicted molar refractivity (Wildman–Crippen MR) is 72.7 cm³/mol. The van der Waals surface area contributed by atoms with Gasteiger partial charge >= 0.3 is 5.97 Å². The number of carbonyl (C=O) groups excluding carboxylic acids is 1. The molecule has 0 aromatic rings. The molecule has 4 nitrogen and oxygen atoms in total. The largest absolute Gasteiger partial charge is 0.480 e. The highest BCUT2D eigenvalue weighted by atomic mass is 16.4. The van der Waals surface area contributed by atoms with E-state index in [-0.39, 0.29) is 17.2 Å². The summed E-state index contributed by atoms with van der Waals surface area (Å²) in [5.74, 6) is -0.815. The fraction of sp³-hybridized carbons (Fsp3) is 0.867. The van der Waals surface area contributed by atoms with Gasteiger partial charge in [0.15, 0.2) is 0 Å². The van der Waals surface area contributed by atoms with E-state index in [9.17, 15) is 14.7 Å². The van der Waals surface area contributed by atoms with Crippen molar-refractivity contribution in [3.63, 3.8) is 0 Å². The van der Waals surface area contributed by atoms with Crippen LogP contribution in [0.25, 0.3) is 0 Å². The lowest BCUT2D eigenvalue weighted by atomic mass is 9.82.